The molecule has 1 aliphatic rings. The lowest BCUT2D eigenvalue weighted by atomic mass is 9.90. The third-order valence-electron chi connectivity index (χ3n) is 3.91. The van der Waals surface area contributed by atoms with Crippen LogP contribution in [0.25, 0.3) is 10.1 Å². The Labute approximate surface area is 146 Å². The number of benzene rings is 1. The van der Waals surface area contributed by atoms with Crippen molar-refractivity contribution in [2.24, 2.45) is 0 Å². The van der Waals surface area contributed by atoms with E-state index in [0.29, 0.717) is 23.3 Å². The summed E-state index contributed by atoms with van der Waals surface area (Å²) in [5.74, 6) is -1.55. The molecule has 1 aliphatic heterocycles. The lowest BCUT2D eigenvalue weighted by Crippen LogP contribution is -2.57. The summed E-state index contributed by atoms with van der Waals surface area (Å²) in [6, 6.07) is 5.17. The first-order chi connectivity index (χ1) is 10.9. The van der Waals surface area contributed by atoms with Gasteiger partial charge in [-0.3, -0.25) is 4.79 Å². The van der Waals surface area contributed by atoms with E-state index in [1.54, 1.807) is 18.2 Å². The van der Waals surface area contributed by atoms with Crippen LogP contribution < -0.4 is 5.32 Å². The number of fused-ring (bicyclic) bond motifs is 1. The Bertz CT molecular complexity index is 783. The number of ether oxygens (including phenoxy) is 1. The molecule has 1 aromatic carbocycles. The van der Waals surface area contributed by atoms with Crippen molar-refractivity contribution in [2.75, 3.05) is 13.2 Å². The zero-order valence-corrected chi connectivity index (χ0v) is 14.2. The topological polar surface area (TPSA) is 75.6 Å². The highest BCUT2D eigenvalue weighted by Crippen LogP contribution is 2.37. The second kappa shape index (κ2) is 6.28. The van der Waals surface area contributed by atoms with Gasteiger partial charge in [0.05, 0.1) is 5.02 Å². The maximum atomic E-state index is 12.6. The van der Waals surface area contributed by atoms with E-state index in [-0.39, 0.29) is 17.7 Å². The van der Waals surface area contributed by atoms with E-state index in [2.05, 4.69) is 5.32 Å². The number of halogens is 2. The molecule has 2 heterocycles. The van der Waals surface area contributed by atoms with Crippen molar-refractivity contribution >= 4 is 56.5 Å². The van der Waals surface area contributed by atoms with Gasteiger partial charge in [0.15, 0.2) is 0 Å². The summed E-state index contributed by atoms with van der Waals surface area (Å²) >= 11 is 13.4. The van der Waals surface area contributed by atoms with Crippen molar-refractivity contribution in [3.8, 4) is 0 Å². The minimum atomic E-state index is -1.31. The Morgan fingerprint density at radius 3 is 2.61 bits per heavy atom. The van der Waals surface area contributed by atoms with E-state index >= 15 is 0 Å². The minimum Gasteiger partial charge on any atom is -0.480 e. The fourth-order valence-corrected chi connectivity index (χ4v) is 4.26. The number of carbonyl (C=O) groups is 2. The number of thiophene rings is 1. The van der Waals surface area contributed by atoms with Crippen LogP contribution in [-0.4, -0.2) is 35.7 Å². The molecule has 122 valence electrons. The van der Waals surface area contributed by atoms with Gasteiger partial charge in [-0.25, -0.2) is 4.79 Å². The number of hydrogen-bond donors (Lipinski definition) is 2. The first-order valence-electron chi connectivity index (χ1n) is 6.94. The van der Waals surface area contributed by atoms with Crippen molar-refractivity contribution in [3.05, 3.63) is 33.1 Å². The Morgan fingerprint density at radius 1 is 1.26 bits per heavy atom. The molecule has 0 atom stereocenters. The Morgan fingerprint density at radius 2 is 1.96 bits per heavy atom. The standard InChI is InChI=1S/C15H13Cl2NO4S/c16-8-1-2-9-10(7-8)23-12(11(9)17)13(19)18-15(14(20)21)3-5-22-6-4-15/h1-2,7H,3-6H2,(H,18,19)(H,20,21). The van der Waals surface area contributed by atoms with Crippen LogP contribution in [0.3, 0.4) is 0 Å². The van der Waals surface area contributed by atoms with Gasteiger partial charge >= 0.3 is 5.97 Å². The Kier molecular flexibility index (Phi) is 4.51. The monoisotopic (exact) mass is 373 g/mol. The van der Waals surface area contributed by atoms with Crippen molar-refractivity contribution in [3.63, 3.8) is 0 Å². The van der Waals surface area contributed by atoms with Crippen molar-refractivity contribution in [1.29, 1.82) is 0 Å². The van der Waals surface area contributed by atoms with Crippen LogP contribution in [0.2, 0.25) is 10.0 Å². The van der Waals surface area contributed by atoms with E-state index in [1.165, 1.54) is 11.3 Å². The quantitative estimate of drug-likeness (QED) is 0.861. The molecular weight excluding hydrogens is 361 g/mol. The molecule has 1 aromatic heterocycles. The van der Waals surface area contributed by atoms with Gasteiger partial charge in [-0.05, 0) is 12.1 Å². The zero-order chi connectivity index (χ0) is 16.6. The molecule has 1 amide bonds. The van der Waals surface area contributed by atoms with Gasteiger partial charge in [0.2, 0.25) is 0 Å². The zero-order valence-electron chi connectivity index (χ0n) is 11.9. The fraction of sp³-hybridized carbons (Fsp3) is 0.333. The van der Waals surface area contributed by atoms with Gasteiger partial charge in [-0.15, -0.1) is 11.3 Å². The van der Waals surface area contributed by atoms with Gasteiger partial charge in [-0.1, -0.05) is 29.3 Å². The van der Waals surface area contributed by atoms with Crippen LogP contribution in [0.15, 0.2) is 18.2 Å². The first-order valence-corrected chi connectivity index (χ1v) is 8.51. The molecule has 2 N–H and O–H groups in total. The molecule has 1 saturated heterocycles. The van der Waals surface area contributed by atoms with Gasteiger partial charge in [0.1, 0.15) is 10.4 Å². The molecule has 0 radical (unpaired) electrons. The number of carbonyl (C=O) groups excluding carboxylic acids is 1. The molecule has 2 aromatic rings. The molecular formula is C15H13Cl2NO4S. The second-order valence-corrected chi connectivity index (χ2v) is 7.21. The van der Waals surface area contributed by atoms with E-state index in [0.717, 1.165) is 10.1 Å². The predicted molar refractivity (Wildman–Crippen MR) is 89.7 cm³/mol. The summed E-state index contributed by atoms with van der Waals surface area (Å²) in [6.07, 6.45) is 0.449. The van der Waals surface area contributed by atoms with E-state index < -0.39 is 17.4 Å². The maximum Gasteiger partial charge on any atom is 0.329 e. The van der Waals surface area contributed by atoms with Crippen LogP contribution >= 0.6 is 34.5 Å². The molecule has 8 heteroatoms. The van der Waals surface area contributed by atoms with Crippen LogP contribution in [0.4, 0.5) is 0 Å². The van der Waals surface area contributed by atoms with Crippen LogP contribution in [0, 0.1) is 0 Å². The van der Waals surface area contributed by atoms with E-state index in [4.69, 9.17) is 27.9 Å². The Hall–Kier alpha value is -1.34. The summed E-state index contributed by atoms with van der Waals surface area (Å²) in [5.41, 5.74) is -1.31. The lowest BCUT2D eigenvalue weighted by molar-refractivity contribution is -0.148. The van der Waals surface area contributed by atoms with E-state index in [1.807, 2.05) is 0 Å². The number of aliphatic carboxylic acids is 1. The highest BCUT2D eigenvalue weighted by Gasteiger charge is 2.42. The fourth-order valence-electron chi connectivity index (χ4n) is 2.57. The van der Waals surface area contributed by atoms with Crippen LogP contribution in [0.1, 0.15) is 22.5 Å². The molecule has 23 heavy (non-hydrogen) atoms. The average molecular weight is 374 g/mol. The second-order valence-electron chi connectivity index (χ2n) is 5.34. The van der Waals surface area contributed by atoms with Crippen molar-refractivity contribution in [2.45, 2.75) is 18.4 Å². The van der Waals surface area contributed by atoms with Gasteiger partial charge in [-0.2, -0.15) is 0 Å². The summed E-state index contributed by atoms with van der Waals surface area (Å²) < 4.78 is 5.98. The largest absolute Gasteiger partial charge is 0.480 e. The predicted octanol–water partition coefficient (Wildman–Crippen LogP) is 3.57. The maximum absolute atomic E-state index is 12.6. The van der Waals surface area contributed by atoms with E-state index in [9.17, 15) is 14.7 Å². The number of hydrogen-bond acceptors (Lipinski definition) is 4. The molecule has 0 spiro atoms. The number of nitrogens with one attached hydrogen (secondary N) is 1. The molecule has 5 nitrogen and oxygen atoms in total. The number of carboxylic acid groups (broad SMARTS) is 1. The van der Waals surface area contributed by atoms with Crippen LogP contribution in [0.5, 0.6) is 0 Å². The third-order valence-corrected chi connectivity index (χ3v) is 5.80. The smallest absolute Gasteiger partial charge is 0.329 e. The molecule has 0 bridgehead atoms. The number of rotatable bonds is 3. The minimum absolute atomic E-state index is 0.225. The van der Waals surface area contributed by atoms with Crippen molar-refractivity contribution < 1.29 is 19.4 Å². The molecule has 3 rings (SSSR count). The molecule has 0 aliphatic carbocycles. The molecule has 1 fully saturated rings. The molecule has 0 unspecified atom stereocenters. The van der Waals surface area contributed by atoms with Gasteiger partial charge < -0.3 is 15.2 Å². The summed E-state index contributed by atoms with van der Waals surface area (Å²) in [7, 11) is 0. The summed E-state index contributed by atoms with van der Waals surface area (Å²) in [5, 5.41) is 13.7. The highest BCUT2D eigenvalue weighted by molar-refractivity contribution is 7.21. The van der Waals surface area contributed by atoms with Gasteiger partial charge in [0, 0.05) is 41.2 Å². The summed E-state index contributed by atoms with van der Waals surface area (Å²) in [4.78, 5) is 24.5. The highest BCUT2D eigenvalue weighted by atomic mass is 35.5. The number of amides is 1. The average Bonchev–Trinajstić information content (AvgIpc) is 2.84. The SMILES string of the molecule is O=C(NC1(C(=O)O)CCOCC1)c1sc2cc(Cl)ccc2c1Cl. The summed E-state index contributed by atoms with van der Waals surface area (Å²) in [6.45, 7) is 0.588. The van der Waals surface area contributed by atoms with Gasteiger partial charge in [0.25, 0.3) is 5.91 Å². The number of carboxylic acids is 1. The molecule has 0 saturated carbocycles. The van der Waals surface area contributed by atoms with Crippen LogP contribution in [-0.2, 0) is 9.53 Å². The lowest BCUT2D eigenvalue weighted by Gasteiger charge is -2.33. The normalized spacial score (nSPS) is 17.1. The van der Waals surface area contributed by atoms with Crippen molar-refractivity contribution in [1.82, 2.24) is 5.32 Å². The first kappa shape index (κ1) is 16.5. The third kappa shape index (κ3) is 3.04. The Balaban J connectivity index is 1.93.